The zero-order chi connectivity index (χ0) is 17.6. The molecule has 2 rings (SSSR count). The number of halogens is 1. The number of nitrogens with one attached hydrogen (secondary N) is 2. The molecule has 1 aromatic carbocycles. The molecule has 1 heterocycles. The molecule has 0 spiro atoms. The number of aliphatic imine (C=N–C) groups is 1. The second-order valence-corrected chi connectivity index (χ2v) is 8.51. The predicted molar refractivity (Wildman–Crippen MR) is 113 cm³/mol. The number of hydrogen-bond acceptors (Lipinski definition) is 4. The lowest BCUT2D eigenvalue weighted by Crippen LogP contribution is -2.43. The molecule has 0 bridgehead atoms. The first kappa shape index (κ1) is 22.0. The van der Waals surface area contributed by atoms with E-state index >= 15 is 0 Å². The molecule has 0 radical (unpaired) electrons. The van der Waals surface area contributed by atoms with E-state index in [1.54, 1.807) is 7.05 Å². The molecule has 0 fully saturated rings. The molecule has 0 aliphatic carbocycles. The van der Waals surface area contributed by atoms with Crippen LogP contribution in [0.5, 0.6) is 5.75 Å². The minimum absolute atomic E-state index is 0. The Morgan fingerprint density at radius 2 is 2.16 bits per heavy atom. The van der Waals surface area contributed by atoms with Crippen LogP contribution in [0, 0.1) is 0 Å². The monoisotopic (exact) mass is 481 g/mol. The van der Waals surface area contributed by atoms with Crippen molar-refractivity contribution >= 4 is 39.8 Å². The fourth-order valence-corrected chi connectivity index (χ4v) is 3.39. The van der Waals surface area contributed by atoms with Gasteiger partial charge in [0.2, 0.25) is 0 Å². The summed E-state index contributed by atoms with van der Waals surface area (Å²) in [6.45, 7) is 3.50. The summed E-state index contributed by atoms with van der Waals surface area (Å²) in [5, 5.41) is 6.49. The van der Waals surface area contributed by atoms with Crippen molar-refractivity contribution in [3.8, 4) is 5.75 Å². The van der Waals surface area contributed by atoms with Gasteiger partial charge in [0, 0.05) is 32.3 Å². The number of fused-ring (bicyclic) bond motifs is 1. The molecule has 1 atom stereocenters. The topological polar surface area (TPSA) is 79.8 Å². The molecule has 2 N–H and O–H groups in total. The summed E-state index contributed by atoms with van der Waals surface area (Å²) in [5.41, 5.74) is 2.55. The highest BCUT2D eigenvalue weighted by Gasteiger charge is 2.12. The van der Waals surface area contributed by atoms with E-state index in [9.17, 15) is 8.42 Å². The zero-order valence-electron chi connectivity index (χ0n) is 15.0. The van der Waals surface area contributed by atoms with Crippen LogP contribution in [0.15, 0.2) is 23.2 Å². The number of rotatable bonds is 7. The van der Waals surface area contributed by atoms with Crippen LogP contribution in [-0.2, 0) is 22.7 Å². The lowest BCUT2D eigenvalue weighted by molar-refractivity contribution is 0.357. The summed E-state index contributed by atoms with van der Waals surface area (Å²) in [4.78, 5) is 4.19. The molecule has 25 heavy (non-hydrogen) atoms. The molecule has 0 amide bonds. The number of hydrogen-bond donors (Lipinski definition) is 2. The van der Waals surface area contributed by atoms with Crippen molar-refractivity contribution in [2.75, 3.05) is 32.2 Å². The molecule has 1 aliphatic heterocycles. The second kappa shape index (κ2) is 10.2. The Labute approximate surface area is 167 Å². The number of guanidine groups is 1. The van der Waals surface area contributed by atoms with E-state index in [1.165, 1.54) is 17.4 Å². The maximum atomic E-state index is 11.2. The molecular weight excluding hydrogens is 453 g/mol. The van der Waals surface area contributed by atoms with E-state index in [-0.39, 0.29) is 35.8 Å². The van der Waals surface area contributed by atoms with Crippen molar-refractivity contribution in [1.82, 2.24) is 10.6 Å². The molecule has 6 nitrogen and oxygen atoms in total. The van der Waals surface area contributed by atoms with Crippen LogP contribution < -0.4 is 15.4 Å². The molecular formula is C17H28IN3O3S. The maximum Gasteiger partial charge on any atom is 0.191 e. The SMILES string of the molecule is CN=C(NCCc1ccc2c(c1)CCO2)NC(C)CCS(C)(=O)=O.I. The van der Waals surface area contributed by atoms with Crippen LogP contribution in [-0.4, -0.2) is 52.6 Å². The quantitative estimate of drug-likeness (QED) is 0.353. The van der Waals surface area contributed by atoms with E-state index in [4.69, 9.17) is 4.74 Å². The Hall–Kier alpha value is -1.03. The van der Waals surface area contributed by atoms with Crippen LogP contribution in [0.1, 0.15) is 24.5 Å². The fraction of sp³-hybridized carbons (Fsp3) is 0.588. The zero-order valence-corrected chi connectivity index (χ0v) is 18.2. The van der Waals surface area contributed by atoms with Gasteiger partial charge in [0.25, 0.3) is 0 Å². The van der Waals surface area contributed by atoms with Gasteiger partial charge in [0.1, 0.15) is 15.6 Å². The minimum atomic E-state index is -2.93. The van der Waals surface area contributed by atoms with E-state index in [2.05, 4.69) is 27.8 Å². The standard InChI is InChI=1S/C17H27N3O3S.HI/c1-13(8-11-24(3,21)22)20-17(18-2)19-9-6-14-4-5-16-15(12-14)7-10-23-16;/h4-5,12-13H,6-11H2,1-3H3,(H2,18,19,20);1H. The Balaban J connectivity index is 0.00000312. The molecule has 1 aliphatic rings. The highest BCUT2D eigenvalue weighted by Crippen LogP contribution is 2.25. The van der Waals surface area contributed by atoms with E-state index in [0.717, 1.165) is 31.7 Å². The Kier molecular flexibility index (Phi) is 8.98. The molecule has 1 aromatic rings. The highest BCUT2D eigenvalue weighted by molar-refractivity contribution is 14.0. The third-order valence-electron chi connectivity index (χ3n) is 3.99. The van der Waals surface area contributed by atoms with Crippen LogP contribution in [0.25, 0.3) is 0 Å². The average Bonchev–Trinajstić information content (AvgIpc) is 2.99. The summed E-state index contributed by atoms with van der Waals surface area (Å²) in [7, 11) is -1.22. The molecule has 0 saturated heterocycles. The molecule has 1 unspecified atom stereocenters. The largest absolute Gasteiger partial charge is 0.493 e. The number of benzene rings is 1. The minimum Gasteiger partial charge on any atom is -0.493 e. The third-order valence-corrected chi connectivity index (χ3v) is 4.97. The van der Waals surface area contributed by atoms with Crippen molar-refractivity contribution < 1.29 is 13.2 Å². The van der Waals surface area contributed by atoms with Crippen molar-refractivity contribution in [1.29, 1.82) is 0 Å². The third kappa shape index (κ3) is 7.81. The predicted octanol–water partition coefficient (Wildman–Crippen LogP) is 1.77. The van der Waals surface area contributed by atoms with Crippen molar-refractivity contribution in [3.05, 3.63) is 29.3 Å². The van der Waals surface area contributed by atoms with E-state index in [0.29, 0.717) is 12.4 Å². The van der Waals surface area contributed by atoms with Gasteiger partial charge in [-0.05, 0) is 37.0 Å². The van der Waals surface area contributed by atoms with Gasteiger partial charge in [-0.3, -0.25) is 4.99 Å². The van der Waals surface area contributed by atoms with Gasteiger partial charge in [0.15, 0.2) is 5.96 Å². The Morgan fingerprint density at radius 1 is 1.40 bits per heavy atom. The van der Waals surface area contributed by atoms with Crippen LogP contribution >= 0.6 is 24.0 Å². The lowest BCUT2D eigenvalue weighted by Gasteiger charge is -2.17. The first-order valence-electron chi connectivity index (χ1n) is 8.27. The summed E-state index contributed by atoms with van der Waals surface area (Å²) in [6, 6.07) is 6.38. The van der Waals surface area contributed by atoms with Crippen molar-refractivity contribution in [2.45, 2.75) is 32.2 Å². The average molecular weight is 481 g/mol. The van der Waals surface area contributed by atoms with Crippen LogP contribution in [0.2, 0.25) is 0 Å². The molecule has 0 saturated carbocycles. The summed E-state index contributed by atoms with van der Waals surface area (Å²) >= 11 is 0. The van der Waals surface area contributed by atoms with Gasteiger partial charge in [-0.2, -0.15) is 0 Å². The highest BCUT2D eigenvalue weighted by atomic mass is 127. The summed E-state index contributed by atoms with van der Waals surface area (Å²) in [5.74, 6) is 1.87. The first-order valence-corrected chi connectivity index (χ1v) is 10.3. The van der Waals surface area contributed by atoms with Crippen LogP contribution in [0.4, 0.5) is 0 Å². The normalized spacial score (nSPS) is 14.9. The Morgan fingerprint density at radius 3 is 2.84 bits per heavy atom. The first-order chi connectivity index (χ1) is 11.4. The summed E-state index contributed by atoms with van der Waals surface area (Å²) in [6.07, 6.45) is 3.70. The summed E-state index contributed by atoms with van der Waals surface area (Å²) < 4.78 is 28.0. The Bertz CT molecular complexity index is 692. The molecule has 0 aromatic heterocycles. The van der Waals surface area contributed by atoms with Crippen molar-refractivity contribution in [3.63, 3.8) is 0 Å². The fourth-order valence-electron chi connectivity index (χ4n) is 2.61. The van der Waals surface area contributed by atoms with Gasteiger partial charge in [0.05, 0.1) is 12.4 Å². The number of nitrogens with zero attached hydrogens (tertiary/aromatic N) is 1. The van der Waals surface area contributed by atoms with E-state index < -0.39 is 9.84 Å². The lowest BCUT2D eigenvalue weighted by atomic mass is 10.1. The molecule has 8 heteroatoms. The number of sulfone groups is 1. The van der Waals surface area contributed by atoms with Gasteiger partial charge in [-0.25, -0.2) is 8.42 Å². The smallest absolute Gasteiger partial charge is 0.191 e. The van der Waals surface area contributed by atoms with Crippen molar-refractivity contribution in [2.24, 2.45) is 4.99 Å². The van der Waals surface area contributed by atoms with Gasteiger partial charge in [-0.1, -0.05) is 12.1 Å². The number of ether oxygens (including phenoxy) is 1. The maximum absolute atomic E-state index is 11.2. The second-order valence-electron chi connectivity index (χ2n) is 6.25. The van der Waals surface area contributed by atoms with Crippen LogP contribution in [0.3, 0.4) is 0 Å². The van der Waals surface area contributed by atoms with Gasteiger partial charge in [-0.15, -0.1) is 24.0 Å². The van der Waals surface area contributed by atoms with E-state index in [1.807, 2.05) is 13.0 Å². The van der Waals surface area contributed by atoms with Gasteiger partial charge >= 0.3 is 0 Å². The molecule has 142 valence electrons. The van der Waals surface area contributed by atoms with Gasteiger partial charge < -0.3 is 15.4 Å².